The van der Waals surface area contributed by atoms with E-state index in [0.717, 1.165) is 39.0 Å². The first-order chi connectivity index (χ1) is 12.6. The molecule has 1 amide bonds. The van der Waals surface area contributed by atoms with E-state index >= 15 is 0 Å². The van der Waals surface area contributed by atoms with Crippen LogP contribution < -0.4 is 5.32 Å². The van der Waals surface area contributed by atoms with Crippen LogP contribution in [0, 0.1) is 0 Å². The Morgan fingerprint density at radius 2 is 1.85 bits per heavy atom. The molecule has 0 unspecified atom stereocenters. The Morgan fingerprint density at radius 3 is 2.58 bits per heavy atom. The molecular formula is C21H17N3O2. The van der Waals surface area contributed by atoms with Gasteiger partial charge in [-0.05, 0) is 41.5 Å². The predicted octanol–water partition coefficient (Wildman–Crippen LogP) is 4.56. The van der Waals surface area contributed by atoms with Gasteiger partial charge in [-0.1, -0.05) is 24.3 Å². The van der Waals surface area contributed by atoms with Crippen LogP contribution in [0.1, 0.15) is 6.92 Å². The van der Waals surface area contributed by atoms with Crippen LogP contribution in [0.3, 0.4) is 0 Å². The summed E-state index contributed by atoms with van der Waals surface area (Å²) < 4.78 is 0. The van der Waals surface area contributed by atoms with Crippen LogP contribution in [0.5, 0.6) is 5.75 Å². The second kappa shape index (κ2) is 6.37. The number of nitrogens with zero attached hydrogens (tertiary/aromatic N) is 1. The number of aromatic amines is 1. The van der Waals surface area contributed by atoms with Gasteiger partial charge in [0.05, 0.1) is 0 Å². The Hall–Kier alpha value is -3.60. The molecule has 0 saturated heterocycles. The van der Waals surface area contributed by atoms with Crippen LogP contribution >= 0.6 is 0 Å². The molecule has 2 aromatic carbocycles. The number of nitrogens with one attached hydrogen (secondary N) is 2. The molecule has 0 aliphatic rings. The van der Waals surface area contributed by atoms with Crippen molar-refractivity contribution >= 4 is 22.6 Å². The van der Waals surface area contributed by atoms with Gasteiger partial charge in [-0.25, -0.2) is 4.98 Å². The van der Waals surface area contributed by atoms with Gasteiger partial charge in [-0.2, -0.15) is 0 Å². The zero-order chi connectivity index (χ0) is 18.1. The van der Waals surface area contributed by atoms with Crippen LogP contribution in [0.15, 0.2) is 67.0 Å². The molecule has 0 fully saturated rings. The predicted molar refractivity (Wildman–Crippen MR) is 103 cm³/mol. The lowest BCUT2D eigenvalue weighted by atomic mass is 10.0. The quantitative estimate of drug-likeness (QED) is 0.510. The van der Waals surface area contributed by atoms with E-state index in [1.807, 2.05) is 42.6 Å². The summed E-state index contributed by atoms with van der Waals surface area (Å²) in [6.07, 6.45) is 3.72. The minimum Gasteiger partial charge on any atom is -0.508 e. The molecule has 0 aliphatic heterocycles. The van der Waals surface area contributed by atoms with Gasteiger partial charge in [0.1, 0.15) is 11.4 Å². The molecule has 5 nitrogen and oxygen atoms in total. The third-order valence-electron chi connectivity index (χ3n) is 4.23. The number of hydrogen-bond donors (Lipinski definition) is 3. The van der Waals surface area contributed by atoms with Gasteiger partial charge in [0, 0.05) is 41.5 Å². The Kier molecular flexibility index (Phi) is 3.89. The highest BCUT2D eigenvalue weighted by molar-refractivity contribution is 5.96. The third kappa shape index (κ3) is 3.02. The van der Waals surface area contributed by atoms with Crippen molar-refractivity contribution in [3.8, 4) is 28.0 Å². The number of anilines is 1. The summed E-state index contributed by atoms with van der Waals surface area (Å²) in [7, 11) is 0. The highest BCUT2D eigenvalue weighted by atomic mass is 16.3. The van der Waals surface area contributed by atoms with Crippen LogP contribution in [-0.2, 0) is 4.79 Å². The summed E-state index contributed by atoms with van der Waals surface area (Å²) in [6.45, 7) is 1.49. The maximum Gasteiger partial charge on any atom is 0.221 e. The SMILES string of the molecule is CC(=O)Nc1ccc(-c2c[nH]c3ncc(-c4cccc(O)c4)cc23)cc1. The van der Waals surface area contributed by atoms with Crippen molar-refractivity contribution in [1.29, 1.82) is 0 Å². The van der Waals surface area contributed by atoms with Gasteiger partial charge < -0.3 is 15.4 Å². The molecule has 2 aromatic heterocycles. The molecular weight excluding hydrogens is 326 g/mol. The van der Waals surface area contributed by atoms with Crippen LogP contribution in [-0.4, -0.2) is 21.0 Å². The summed E-state index contributed by atoms with van der Waals surface area (Å²) in [5, 5.41) is 13.5. The van der Waals surface area contributed by atoms with Gasteiger partial charge >= 0.3 is 0 Å². The van der Waals surface area contributed by atoms with Crippen molar-refractivity contribution in [1.82, 2.24) is 9.97 Å². The molecule has 26 heavy (non-hydrogen) atoms. The topological polar surface area (TPSA) is 78.0 Å². The van der Waals surface area contributed by atoms with Crippen LogP contribution in [0.4, 0.5) is 5.69 Å². The zero-order valence-electron chi connectivity index (χ0n) is 14.2. The lowest BCUT2D eigenvalue weighted by molar-refractivity contribution is -0.114. The molecule has 0 aliphatic carbocycles. The number of benzene rings is 2. The Bertz CT molecular complexity index is 1100. The van der Waals surface area contributed by atoms with E-state index in [2.05, 4.69) is 21.4 Å². The third-order valence-corrected chi connectivity index (χ3v) is 4.23. The van der Waals surface area contributed by atoms with Crippen molar-refractivity contribution in [3.05, 3.63) is 67.0 Å². The summed E-state index contributed by atoms with van der Waals surface area (Å²) in [5.74, 6) is 0.134. The number of H-pyrrole nitrogens is 1. The molecule has 0 radical (unpaired) electrons. The summed E-state index contributed by atoms with van der Waals surface area (Å²) in [6, 6.07) is 16.9. The van der Waals surface area contributed by atoms with Gasteiger partial charge in [-0.15, -0.1) is 0 Å². The second-order valence-corrected chi connectivity index (χ2v) is 6.13. The summed E-state index contributed by atoms with van der Waals surface area (Å²) >= 11 is 0. The fourth-order valence-corrected chi connectivity index (χ4v) is 3.02. The maximum atomic E-state index is 11.2. The molecule has 0 saturated carbocycles. The van der Waals surface area contributed by atoms with E-state index in [1.54, 1.807) is 18.3 Å². The molecule has 2 heterocycles. The molecule has 0 bridgehead atoms. The van der Waals surface area contributed by atoms with Crippen molar-refractivity contribution in [2.24, 2.45) is 0 Å². The monoisotopic (exact) mass is 343 g/mol. The molecule has 5 heteroatoms. The minimum atomic E-state index is -0.0928. The van der Waals surface area contributed by atoms with Crippen LogP contribution in [0.25, 0.3) is 33.3 Å². The lowest BCUT2D eigenvalue weighted by Gasteiger charge is -2.05. The second-order valence-electron chi connectivity index (χ2n) is 6.13. The van der Waals surface area contributed by atoms with Gasteiger partial charge in [-0.3, -0.25) is 4.79 Å². The average Bonchev–Trinajstić information content (AvgIpc) is 3.05. The fraction of sp³-hybridized carbons (Fsp3) is 0.0476. The van der Waals surface area contributed by atoms with E-state index in [9.17, 15) is 9.90 Å². The van der Waals surface area contributed by atoms with E-state index in [4.69, 9.17) is 0 Å². The highest BCUT2D eigenvalue weighted by Crippen LogP contribution is 2.32. The number of carbonyl (C=O) groups excluding carboxylic acids is 1. The Morgan fingerprint density at radius 1 is 1.04 bits per heavy atom. The standard InChI is InChI=1S/C21H17N3O2/c1-13(25)24-17-7-5-14(6-8-17)20-12-23-21-19(20)10-16(11-22-21)15-3-2-4-18(26)9-15/h2-12,26H,1H3,(H,22,23)(H,24,25). The van der Waals surface area contributed by atoms with Gasteiger partial charge in [0.15, 0.2) is 0 Å². The molecule has 4 rings (SSSR count). The zero-order valence-corrected chi connectivity index (χ0v) is 14.2. The van der Waals surface area contributed by atoms with E-state index in [0.29, 0.717) is 0 Å². The molecule has 0 spiro atoms. The number of aromatic nitrogens is 2. The lowest BCUT2D eigenvalue weighted by Crippen LogP contribution is -2.05. The van der Waals surface area contributed by atoms with E-state index in [1.165, 1.54) is 6.92 Å². The Balaban J connectivity index is 1.76. The molecule has 3 N–H and O–H groups in total. The van der Waals surface area contributed by atoms with Gasteiger partial charge in [0.2, 0.25) is 5.91 Å². The average molecular weight is 343 g/mol. The Labute approximate surface area is 150 Å². The first-order valence-corrected chi connectivity index (χ1v) is 8.25. The highest BCUT2D eigenvalue weighted by Gasteiger charge is 2.09. The minimum absolute atomic E-state index is 0.0928. The smallest absolute Gasteiger partial charge is 0.221 e. The van der Waals surface area contributed by atoms with Crippen molar-refractivity contribution < 1.29 is 9.90 Å². The number of phenolic OH excluding ortho intramolecular Hbond substituents is 1. The first-order valence-electron chi connectivity index (χ1n) is 8.25. The van der Waals surface area contributed by atoms with Crippen molar-refractivity contribution in [2.45, 2.75) is 6.92 Å². The largest absolute Gasteiger partial charge is 0.508 e. The number of fused-ring (bicyclic) bond motifs is 1. The summed E-state index contributed by atoms with van der Waals surface area (Å²) in [4.78, 5) is 18.8. The van der Waals surface area contributed by atoms with Crippen molar-refractivity contribution in [3.63, 3.8) is 0 Å². The number of carbonyl (C=O) groups is 1. The van der Waals surface area contributed by atoms with Gasteiger partial charge in [0.25, 0.3) is 0 Å². The van der Waals surface area contributed by atoms with Crippen molar-refractivity contribution in [2.75, 3.05) is 5.32 Å². The fourth-order valence-electron chi connectivity index (χ4n) is 3.02. The summed E-state index contributed by atoms with van der Waals surface area (Å²) in [5.41, 5.74) is 5.47. The number of pyridine rings is 1. The number of amides is 1. The van der Waals surface area contributed by atoms with E-state index in [-0.39, 0.29) is 11.7 Å². The molecule has 0 atom stereocenters. The van der Waals surface area contributed by atoms with Crippen LogP contribution in [0.2, 0.25) is 0 Å². The first kappa shape index (κ1) is 15.9. The number of hydrogen-bond acceptors (Lipinski definition) is 3. The number of phenols is 1. The molecule has 128 valence electrons. The maximum absolute atomic E-state index is 11.2. The van der Waals surface area contributed by atoms with E-state index < -0.39 is 0 Å². The normalized spacial score (nSPS) is 10.8. The molecule has 4 aromatic rings. The number of rotatable bonds is 3. The number of aromatic hydroxyl groups is 1.